The summed E-state index contributed by atoms with van der Waals surface area (Å²) in [5, 5.41) is 0. The van der Waals surface area contributed by atoms with Crippen LogP contribution in [0.15, 0.2) is 24.3 Å². The van der Waals surface area contributed by atoms with Gasteiger partial charge in [0.1, 0.15) is 11.9 Å². The average Bonchev–Trinajstić information content (AvgIpc) is 2.39. The van der Waals surface area contributed by atoms with Crippen molar-refractivity contribution in [3.8, 4) is 5.75 Å². The molecule has 1 saturated heterocycles. The van der Waals surface area contributed by atoms with Crippen LogP contribution in [0.3, 0.4) is 0 Å². The van der Waals surface area contributed by atoms with E-state index in [1.165, 1.54) is 12.1 Å². The standard InChI is InChI=1S/C14H17F3NO/c1-2-18-9-7-13(8-10-18)19-12-5-3-11(4-6-12)14(15,16)17/h3-6,13H,1-2,7-10H2. The normalized spacial score (nSPS) is 18.5. The minimum Gasteiger partial charge on any atom is -0.490 e. The van der Waals surface area contributed by atoms with Crippen molar-refractivity contribution in [2.45, 2.75) is 25.1 Å². The molecule has 5 heteroatoms. The van der Waals surface area contributed by atoms with Crippen LogP contribution in [0.2, 0.25) is 0 Å². The molecule has 0 saturated carbocycles. The summed E-state index contributed by atoms with van der Waals surface area (Å²) in [6, 6.07) is 4.88. The number of rotatable bonds is 3. The van der Waals surface area contributed by atoms with Crippen molar-refractivity contribution in [3.05, 3.63) is 36.8 Å². The van der Waals surface area contributed by atoms with Gasteiger partial charge in [0.15, 0.2) is 0 Å². The lowest BCUT2D eigenvalue weighted by atomic mass is 10.1. The number of piperidine rings is 1. The van der Waals surface area contributed by atoms with E-state index in [4.69, 9.17) is 4.74 Å². The highest BCUT2D eigenvalue weighted by atomic mass is 19.4. The Morgan fingerprint density at radius 2 is 1.74 bits per heavy atom. The van der Waals surface area contributed by atoms with Crippen LogP contribution in [0.1, 0.15) is 18.4 Å². The van der Waals surface area contributed by atoms with Crippen molar-refractivity contribution in [2.24, 2.45) is 0 Å². The number of hydrogen-bond donors (Lipinski definition) is 0. The van der Waals surface area contributed by atoms with Crippen molar-refractivity contribution in [1.82, 2.24) is 4.90 Å². The molecular formula is C14H17F3NO. The third kappa shape index (κ3) is 3.86. The van der Waals surface area contributed by atoms with Crippen molar-refractivity contribution in [2.75, 3.05) is 19.6 Å². The summed E-state index contributed by atoms with van der Waals surface area (Å²) in [4.78, 5) is 2.23. The molecule has 0 bridgehead atoms. The van der Waals surface area contributed by atoms with E-state index in [1.54, 1.807) is 0 Å². The van der Waals surface area contributed by atoms with Gasteiger partial charge >= 0.3 is 6.18 Å². The molecule has 0 spiro atoms. The van der Waals surface area contributed by atoms with Gasteiger partial charge in [0.2, 0.25) is 0 Å². The second-order valence-electron chi connectivity index (χ2n) is 4.68. The van der Waals surface area contributed by atoms with Gasteiger partial charge in [-0.05, 0) is 50.6 Å². The average molecular weight is 272 g/mol. The Hall–Kier alpha value is -1.23. The predicted molar refractivity (Wildman–Crippen MR) is 66.9 cm³/mol. The minimum absolute atomic E-state index is 0.0829. The van der Waals surface area contributed by atoms with E-state index in [0.29, 0.717) is 5.75 Å². The molecular weight excluding hydrogens is 255 g/mol. The number of hydrogen-bond acceptors (Lipinski definition) is 2. The van der Waals surface area contributed by atoms with E-state index < -0.39 is 11.7 Å². The summed E-state index contributed by atoms with van der Waals surface area (Å²) in [7, 11) is 0. The lowest BCUT2D eigenvalue weighted by Gasteiger charge is -2.31. The summed E-state index contributed by atoms with van der Waals surface area (Å²) in [5.74, 6) is 0.501. The maximum Gasteiger partial charge on any atom is 0.416 e. The van der Waals surface area contributed by atoms with Crippen LogP contribution in [0.4, 0.5) is 13.2 Å². The highest BCUT2D eigenvalue weighted by Crippen LogP contribution is 2.30. The summed E-state index contributed by atoms with van der Waals surface area (Å²) in [6.07, 6.45) is -2.44. The Morgan fingerprint density at radius 3 is 2.21 bits per heavy atom. The summed E-state index contributed by atoms with van der Waals surface area (Å²) in [5.41, 5.74) is -0.647. The number of alkyl halides is 3. The van der Waals surface area contributed by atoms with Gasteiger partial charge in [0, 0.05) is 13.1 Å². The second-order valence-corrected chi connectivity index (χ2v) is 4.68. The molecule has 0 aromatic heterocycles. The van der Waals surface area contributed by atoms with Crippen LogP contribution in [-0.4, -0.2) is 30.6 Å². The molecule has 1 fully saturated rings. The molecule has 1 heterocycles. The largest absolute Gasteiger partial charge is 0.490 e. The Morgan fingerprint density at radius 1 is 1.16 bits per heavy atom. The number of likely N-dealkylation sites (tertiary alicyclic amines) is 1. The molecule has 1 aliphatic rings. The van der Waals surface area contributed by atoms with Crippen LogP contribution in [-0.2, 0) is 6.18 Å². The smallest absolute Gasteiger partial charge is 0.416 e. The van der Waals surface area contributed by atoms with Crippen molar-refractivity contribution in [1.29, 1.82) is 0 Å². The quantitative estimate of drug-likeness (QED) is 0.836. The first-order valence-corrected chi connectivity index (χ1v) is 6.34. The first-order chi connectivity index (χ1) is 8.99. The van der Waals surface area contributed by atoms with Crippen molar-refractivity contribution in [3.63, 3.8) is 0 Å². The minimum atomic E-state index is -4.29. The molecule has 1 aromatic carbocycles. The monoisotopic (exact) mass is 272 g/mol. The number of halogens is 3. The first kappa shape index (κ1) is 14.2. The van der Waals surface area contributed by atoms with Gasteiger partial charge in [0.25, 0.3) is 0 Å². The third-order valence-corrected chi connectivity index (χ3v) is 3.34. The fourth-order valence-electron chi connectivity index (χ4n) is 2.17. The molecule has 0 unspecified atom stereocenters. The highest BCUT2D eigenvalue weighted by molar-refractivity contribution is 5.29. The fraction of sp³-hybridized carbons (Fsp3) is 0.500. The van der Waals surface area contributed by atoms with E-state index in [9.17, 15) is 13.2 Å². The van der Waals surface area contributed by atoms with Crippen molar-refractivity contribution >= 4 is 0 Å². The number of benzene rings is 1. The van der Waals surface area contributed by atoms with E-state index in [2.05, 4.69) is 11.8 Å². The van der Waals surface area contributed by atoms with Crippen LogP contribution >= 0.6 is 0 Å². The van der Waals surface area contributed by atoms with Crippen molar-refractivity contribution < 1.29 is 17.9 Å². The van der Waals surface area contributed by atoms with Crippen LogP contribution in [0.25, 0.3) is 0 Å². The summed E-state index contributed by atoms with van der Waals surface area (Å²) in [6.45, 7) is 6.47. The highest BCUT2D eigenvalue weighted by Gasteiger charge is 2.30. The van der Waals surface area contributed by atoms with Gasteiger partial charge in [-0.3, -0.25) is 0 Å². The number of nitrogens with zero attached hydrogens (tertiary/aromatic N) is 1. The first-order valence-electron chi connectivity index (χ1n) is 6.34. The zero-order valence-electron chi connectivity index (χ0n) is 10.6. The third-order valence-electron chi connectivity index (χ3n) is 3.34. The SMILES string of the molecule is [CH2]CN1CCC(Oc2ccc(C(F)(F)F)cc2)CC1. The molecule has 0 N–H and O–H groups in total. The molecule has 0 aliphatic carbocycles. The Kier molecular flexibility index (Phi) is 4.34. The molecule has 2 rings (SSSR count). The van der Waals surface area contributed by atoms with Gasteiger partial charge in [-0.25, -0.2) is 0 Å². The topological polar surface area (TPSA) is 12.5 Å². The van der Waals surface area contributed by atoms with Crippen LogP contribution in [0.5, 0.6) is 5.75 Å². The summed E-state index contributed by atoms with van der Waals surface area (Å²) >= 11 is 0. The van der Waals surface area contributed by atoms with Gasteiger partial charge < -0.3 is 9.64 Å². The van der Waals surface area contributed by atoms with Gasteiger partial charge in [-0.1, -0.05) is 0 Å². The molecule has 1 radical (unpaired) electrons. The maximum atomic E-state index is 12.4. The van der Waals surface area contributed by atoms with Crippen LogP contribution in [0, 0.1) is 6.92 Å². The van der Waals surface area contributed by atoms with E-state index >= 15 is 0 Å². The van der Waals surface area contributed by atoms with Gasteiger partial charge in [-0.2, -0.15) is 13.2 Å². The zero-order valence-corrected chi connectivity index (χ0v) is 10.6. The Balaban J connectivity index is 1.90. The fourth-order valence-corrected chi connectivity index (χ4v) is 2.17. The van der Waals surface area contributed by atoms with Crippen LogP contribution < -0.4 is 4.74 Å². The number of ether oxygens (including phenoxy) is 1. The van der Waals surface area contributed by atoms with Gasteiger partial charge in [0.05, 0.1) is 5.56 Å². The van der Waals surface area contributed by atoms with Gasteiger partial charge in [-0.15, -0.1) is 0 Å². The lowest BCUT2D eigenvalue weighted by molar-refractivity contribution is -0.137. The second kappa shape index (κ2) is 5.82. The molecule has 0 amide bonds. The molecule has 2 nitrogen and oxygen atoms in total. The van der Waals surface area contributed by atoms with E-state index in [1.807, 2.05) is 0 Å². The molecule has 1 aliphatic heterocycles. The molecule has 1 aromatic rings. The molecule has 105 valence electrons. The zero-order chi connectivity index (χ0) is 13.9. The van der Waals surface area contributed by atoms with E-state index in [0.717, 1.165) is 44.6 Å². The Labute approximate surface area is 111 Å². The van der Waals surface area contributed by atoms with E-state index in [-0.39, 0.29) is 6.10 Å². The molecule has 0 atom stereocenters. The summed E-state index contributed by atoms with van der Waals surface area (Å²) < 4.78 is 42.9. The lowest BCUT2D eigenvalue weighted by Crippen LogP contribution is -2.38. The Bertz CT molecular complexity index is 394. The predicted octanol–water partition coefficient (Wildman–Crippen LogP) is 3.38. The molecule has 19 heavy (non-hydrogen) atoms. The maximum absolute atomic E-state index is 12.4.